The normalized spacial score (nSPS) is 15.6. The zero-order valence-electron chi connectivity index (χ0n) is 27.2. The van der Waals surface area contributed by atoms with Crippen molar-refractivity contribution in [2.24, 2.45) is 0 Å². The maximum Gasteiger partial charge on any atom is 0.283 e. The van der Waals surface area contributed by atoms with Crippen molar-refractivity contribution < 1.29 is 39.5 Å². The molecule has 0 bridgehead atoms. The topological polar surface area (TPSA) is 159 Å². The van der Waals surface area contributed by atoms with Crippen LogP contribution in [0.5, 0.6) is 5.88 Å². The molecule has 0 spiro atoms. The third kappa shape index (κ3) is 6.80. The predicted molar refractivity (Wildman–Crippen MR) is 182 cm³/mol. The summed E-state index contributed by atoms with van der Waals surface area (Å²) in [5, 5.41) is 4.68. The highest BCUT2D eigenvalue weighted by Crippen LogP contribution is 2.37. The van der Waals surface area contributed by atoms with E-state index in [0.717, 1.165) is 16.2 Å². The fraction of sp³-hybridized carbons (Fsp3) is 0.206. The second kappa shape index (κ2) is 13.5. The summed E-state index contributed by atoms with van der Waals surface area (Å²) in [7, 11) is -7.48. The van der Waals surface area contributed by atoms with Crippen LogP contribution in [-0.2, 0) is 31.3 Å². The molecule has 1 aliphatic heterocycles. The van der Waals surface area contributed by atoms with E-state index in [-0.39, 0.29) is 34.0 Å². The number of halogens is 2. The van der Waals surface area contributed by atoms with E-state index in [1.54, 1.807) is 36.5 Å². The highest BCUT2D eigenvalue weighted by Gasteiger charge is 2.26. The molecule has 51 heavy (non-hydrogen) atoms. The van der Waals surface area contributed by atoms with Crippen molar-refractivity contribution in [2.45, 2.75) is 29.4 Å². The van der Waals surface area contributed by atoms with Crippen molar-refractivity contribution in [3.8, 4) is 28.5 Å². The largest absolute Gasteiger partial charge is 0.480 e. The van der Waals surface area contributed by atoms with Gasteiger partial charge in [0.25, 0.3) is 20.0 Å². The Kier molecular flexibility index (Phi) is 9.05. The zero-order valence-corrected chi connectivity index (χ0v) is 28.8. The molecule has 0 radical (unpaired) electrons. The van der Waals surface area contributed by atoms with Gasteiger partial charge in [0.15, 0.2) is 0 Å². The fourth-order valence-corrected chi connectivity index (χ4v) is 8.22. The molecule has 6 aromatic rings. The van der Waals surface area contributed by atoms with Gasteiger partial charge in [-0.1, -0.05) is 18.2 Å². The molecule has 4 heterocycles. The molecular formula is C34H30F2N6O7S2. The van der Waals surface area contributed by atoms with Gasteiger partial charge in [0, 0.05) is 41.9 Å². The van der Waals surface area contributed by atoms with Crippen molar-refractivity contribution in [3.05, 3.63) is 103 Å². The summed E-state index contributed by atoms with van der Waals surface area (Å²) in [6.07, 6.45) is 4.48. The number of sulfonamides is 1. The Hall–Kier alpha value is -5.23. The molecule has 0 saturated carbocycles. The van der Waals surface area contributed by atoms with E-state index in [4.69, 9.17) is 13.9 Å². The summed E-state index contributed by atoms with van der Waals surface area (Å²) in [6, 6.07) is 14.5. The minimum Gasteiger partial charge on any atom is -0.480 e. The number of aromatic nitrogens is 4. The second-order valence-corrected chi connectivity index (χ2v) is 15.2. The van der Waals surface area contributed by atoms with Crippen molar-refractivity contribution in [1.29, 1.82) is 0 Å². The first kappa shape index (κ1) is 34.2. The first-order valence-corrected chi connectivity index (χ1v) is 18.5. The molecule has 7 rings (SSSR count). The first-order valence-electron chi connectivity index (χ1n) is 15.6. The number of pyridine rings is 1. The number of ether oxygens (including phenoxy) is 2. The summed E-state index contributed by atoms with van der Waals surface area (Å²) in [5.74, 6) is -1.59. The van der Waals surface area contributed by atoms with Crippen molar-refractivity contribution in [1.82, 2.24) is 24.1 Å². The van der Waals surface area contributed by atoms with Gasteiger partial charge in [0.1, 0.15) is 28.0 Å². The van der Waals surface area contributed by atoms with Gasteiger partial charge in [0.05, 0.1) is 49.2 Å². The number of hydrogen-bond acceptors (Lipinski definition) is 11. The first-order chi connectivity index (χ1) is 24.4. The second-order valence-electron chi connectivity index (χ2n) is 11.8. The van der Waals surface area contributed by atoms with Crippen LogP contribution >= 0.6 is 0 Å². The van der Waals surface area contributed by atoms with Crippen LogP contribution < -0.4 is 9.46 Å². The van der Waals surface area contributed by atoms with Gasteiger partial charge in [-0.05, 0) is 55.0 Å². The Balaban J connectivity index is 1.35. The lowest BCUT2D eigenvalue weighted by molar-refractivity contribution is -0.0230. The molecule has 3 aromatic heterocycles. The van der Waals surface area contributed by atoms with Crippen LogP contribution in [0.4, 0.5) is 14.5 Å². The Labute approximate surface area is 291 Å². The number of hydrogen-bond donors (Lipinski definition) is 1. The summed E-state index contributed by atoms with van der Waals surface area (Å²) in [5.41, 5.74) is 1.12. The van der Waals surface area contributed by atoms with Crippen molar-refractivity contribution in [2.75, 3.05) is 31.5 Å². The Bertz CT molecular complexity index is 2470. The number of benzene rings is 3. The molecule has 0 aliphatic carbocycles. The SMILES string of the molecule is COc1ncc(-c2cc(-c3ncc(CN4CCO[C@H](C)C4)o3)c3cnn(S(=O)(=O)c4ccccc4)c3c2)cc1NS(=O)(=O)c1ccc(F)cc1F. The number of nitrogens with one attached hydrogen (secondary N) is 1. The maximum absolute atomic E-state index is 14.5. The predicted octanol–water partition coefficient (Wildman–Crippen LogP) is 5.30. The summed E-state index contributed by atoms with van der Waals surface area (Å²) in [4.78, 5) is 10.2. The van der Waals surface area contributed by atoms with Gasteiger partial charge in [0.2, 0.25) is 11.8 Å². The van der Waals surface area contributed by atoms with Gasteiger partial charge in [-0.25, -0.2) is 27.2 Å². The quantitative estimate of drug-likeness (QED) is 0.195. The number of morpholine rings is 1. The summed E-state index contributed by atoms with van der Waals surface area (Å²) >= 11 is 0. The molecule has 0 unspecified atom stereocenters. The van der Waals surface area contributed by atoms with Crippen LogP contribution in [0.2, 0.25) is 0 Å². The number of methoxy groups -OCH3 is 1. The Morgan fingerprint density at radius 2 is 1.76 bits per heavy atom. The van der Waals surface area contributed by atoms with Crippen LogP contribution in [0.1, 0.15) is 12.7 Å². The standard InChI is InChI=1S/C34H30F2N6O7S2/c1-21-19-41(10-11-48-21)20-25-17-38-33(49-25)27-12-22(14-31-28(27)18-39-42(31)51(45,46)26-6-4-3-5-7-26)23-13-30(34(47-2)37-16-23)40-50(43,44)32-9-8-24(35)15-29(32)36/h3-9,12-18,21,40H,10-11,19-20H2,1-2H3/t21-/m1/s1. The fourth-order valence-electron chi connectivity index (χ4n) is 5.83. The number of oxazole rings is 1. The zero-order chi connectivity index (χ0) is 35.9. The molecule has 1 fully saturated rings. The highest BCUT2D eigenvalue weighted by molar-refractivity contribution is 7.92. The lowest BCUT2D eigenvalue weighted by Gasteiger charge is -2.30. The van der Waals surface area contributed by atoms with E-state index in [9.17, 15) is 25.6 Å². The minimum atomic E-state index is -4.58. The van der Waals surface area contributed by atoms with Gasteiger partial charge in [-0.3, -0.25) is 9.62 Å². The number of rotatable bonds is 10. The summed E-state index contributed by atoms with van der Waals surface area (Å²) in [6.45, 7) is 4.49. The van der Waals surface area contributed by atoms with Gasteiger partial charge in [-0.15, -0.1) is 0 Å². The molecule has 1 atom stereocenters. The van der Waals surface area contributed by atoms with Crippen LogP contribution in [-0.4, -0.2) is 73.8 Å². The number of anilines is 1. The molecule has 1 aliphatic rings. The van der Waals surface area contributed by atoms with Crippen molar-refractivity contribution >= 4 is 36.6 Å². The molecule has 1 saturated heterocycles. The maximum atomic E-state index is 14.5. The number of nitrogens with zero attached hydrogens (tertiary/aromatic N) is 5. The molecular weight excluding hydrogens is 707 g/mol. The smallest absolute Gasteiger partial charge is 0.283 e. The van der Waals surface area contributed by atoms with E-state index in [1.807, 2.05) is 6.92 Å². The van der Waals surface area contributed by atoms with Crippen molar-refractivity contribution in [3.63, 3.8) is 0 Å². The third-order valence-corrected chi connectivity index (χ3v) is 11.2. The van der Waals surface area contributed by atoms with E-state index >= 15 is 0 Å². The summed E-state index contributed by atoms with van der Waals surface area (Å²) < 4.78 is 102. The third-order valence-electron chi connectivity index (χ3n) is 8.22. The lowest BCUT2D eigenvalue weighted by Crippen LogP contribution is -2.40. The molecule has 0 amide bonds. The average Bonchev–Trinajstić information content (AvgIpc) is 3.76. The van der Waals surface area contributed by atoms with Crippen LogP contribution in [0.25, 0.3) is 33.5 Å². The lowest BCUT2D eigenvalue weighted by atomic mass is 10.0. The molecule has 1 N–H and O–H groups in total. The Morgan fingerprint density at radius 1 is 0.961 bits per heavy atom. The van der Waals surface area contributed by atoms with Crippen LogP contribution in [0.15, 0.2) is 99.5 Å². The molecule has 17 heteroatoms. The monoisotopic (exact) mass is 736 g/mol. The minimum absolute atomic E-state index is 0.0101. The van der Waals surface area contributed by atoms with Crippen LogP contribution in [0, 0.1) is 11.6 Å². The van der Waals surface area contributed by atoms with Gasteiger partial charge >= 0.3 is 0 Å². The molecule has 264 valence electrons. The van der Waals surface area contributed by atoms with Crippen LogP contribution in [0.3, 0.4) is 0 Å². The van der Waals surface area contributed by atoms with Gasteiger partial charge in [-0.2, -0.15) is 17.6 Å². The average molecular weight is 737 g/mol. The molecule has 3 aromatic carbocycles. The molecule has 13 nitrogen and oxygen atoms in total. The Morgan fingerprint density at radius 3 is 2.51 bits per heavy atom. The van der Waals surface area contributed by atoms with E-state index in [1.165, 1.54) is 37.7 Å². The van der Waals surface area contributed by atoms with E-state index in [2.05, 4.69) is 24.7 Å². The number of fused-ring (bicyclic) bond motifs is 1. The highest BCUT2D eigenvalue weighted by atomic mass is 32.2. The van der Waals surface area contributed by atoms with E-state index < -0.39 is 36.6 Å². The van der Waals surface area contributed by atoms with Gasteiger partial charge < -0.3 is 13.9 Å². The van der Waals surface area contributed by atoms with E-state index in [0.29, 0.717) is 60.1 Å².